The smallest absolute Gasteiger partial charge is 0.389 e. The number of sulfonamides is 1. The van der Waals surface area contributed by atoms with Crippen molar-refractivity contribution < 1.29 is 31.5 Å². The lowest BCUT2D eigenvalue weighted by atomic mass is 10.2. The molecule has 0 aromatic carbocycles. The zero-order chi connectivity index (χ0) is 14.2. The van der Waals surface area contributed by atoms with E-state index in [9.17, 15) is 26.4 Å². The third kappa shape index (κ3) is 11.6. The van der Waals surface area contributed by atoms with Gasteiger partial charge in [0, 0.05) is 19.4 Å². The van der Waals surface area contributed by atoms with Gasteiger partial charge >= 0.3 is 12.1 Å². The Bertz CT molecular complexity index is 353. The highest BCUT2D eigenvalue weighted by Gasteiger charge is 2.25. The average molecular weight is 291 g/mol. The first-order valence-electron chi connectivity index (χ1n) is 5.38. The Hall–Kier alpha value is -0.830. The first-order chi connectivity index (χ1) is 8.12. The summed E-state index contributed by atoms with van der Waals surface area (Å²) < 4.78 is 59.9. The van der Waals surface area contributed by atoms with Crippen molar-refractivity contribution in [2.24, 2.45) is 0 Å². The van der Waals surface area contributed by atoms with Crippen LogP contribution in [0.4, 0.5) is 13.2 Å². The zero-order valence-electron chi connectivity index (χ0n) is 9.66. The molecule has 9 heteroatoms. The lowest BCUT2D eigenvalue weighted by Crippen LogP contribution is -2.27. The molecule has 0 atom stereocenters. The Morgan fingerprint density at radius 1 is 1.17 bits per heavy atom. The molecule has 18 heavy (non-hydrogen) atoms. The monoisotopic (exact) mass is 291 g/mol. The summed E-state index contributed by atoms with van der Waals surface area (Å²) in [5.74, 6) is -1.42. The molecule has 0 radical (unpaired) electrons. The highest BCUT2D eigenvalue weighted by Crippen LogP contribution is 2.21. The van der Waals surface area contributed by atoms with Gasteiger partial charge < -0.3 is 5.11 Å². The minimum atomic E-state index is -4.22. The number of hydrogen-bond donors (Lipinski definition) is 2. The van der Waals surface area contributed by atoms with Gasteiger partial charge in [-0.25, -0.2) is 13.1 Å². The molecule has 0 bridgehead atoms. The number of aliphatic carboxylic acids is 1. The number of halogens is 3. The van der Waals surface area contributed by atoms with Crippen LogP contribution in [0.1, 0.15) is 32.1 Å². The van der Waals surface area contributed by atoms with E-state index in [0.29, 0.717) is 0 Å². The molecular formula is C9H16F3NO4S. The zero-order valence-corrected chi connectivity index (χ0v) is 10.5. The molecule has 0 aromatic heterocycles. The third-order valence-corrected chi connectivity index (χ3v) is 3.48. The van der Waals surface area contributed by atoms with E-state index < -0.39 is 28.6 Å². The van der Waals surface area contributed by atoms with Gasteiger partial charge in [-0.05, 0) is 19.3 Å². The van der Waals surface area contributed by atoms with Crippen LogP contribution >= 0.6 is 0 Å². The number of carboxylic acid groups (broad SMARTS) is 1. The van der Waals surface area contributed by atoms with Crippen LogP contribution in [0.15, 0.2) is 0 Å². The second-order valence-corrected chi connectivity index (χ2v) is 5.71. The van der Waals surface area contributed by atoms with E-state index in [-0.39, 0.29) is 38.0 Å². The maximum absolute atomic E-state index is 11.8. The largest absolute Gasteiger partial charge is 0.481 e. The topological polar surface area (TPSA) is 83.5 Å². The Balaban J connectivity index is 3.68. The van der Waals surface area contributed by atoms with Crippen LogP contribution in [0.25, 0.3) is 0 Å². The molecular weight excluding hydrogens is 275 g/mol. The minimum Gasteiger partial charge on any atom is -0.481 e. The van der Waals surface area contributed by atoms with Gasteiger partial charge in [-0.1, -0.05) is 0 Å². The Labute approximate surface area is 103 Å². The van der Waals surface area contributed by atoms with Gasteiger partial charge in [-0.3, -0.25) is 4.79 Å². The molecule has 0 aliphatic rings. The Morgan fingerprint density at radius 2 is 1.78 bits per heavy atom. The summed E-state index contributed by atoms with van der Waals surface area (Å²) in [4.78, 5) is 10.2. The molecule has 0 aliphatic carbocycles. The molecule has 0 spiro atoms. The van der Waals surface area contributed by atoms with Crippen molar-refractivity contribution in [1.29, 1.82) is 0 Å². The first-order valence-corrected chi connectivity index (χ1v) is 7.03. The standard InChI is InChI=1S/C9H16F3NO4S/c10-9(11,12)5-1-2-6-13-18(16,17)7-3-4-8(14)15/h13H,1-7H2,(H,14,15). The van der Waals surface area contributed by atoms with Crippen molar-refractivity contribution in [1.82, 2.24) is 4.72 Å². The van der Waals surface area contributed by atoms with Crippen molar-refractivity contribution in [2.45, 2.75) is 38.3 Å². The highest BCUT2D eigenvalue weighted by atomic mass is 32.2. The predicted molar refractivity (Wildman–Crippen MR) is 58.6 cm³/mol. The number of unbranched alkanes of at least 4 members (excludes halogenated alkanes) is 1. The molecule has 0 aliphatic heterocycles. The molecule has 0 amide bonds. The second kappa shape index (κ2) is 7.57. The van der Waals surface area contributed by atoms with Gasteiger partial charge in [0.1, 0.15) is 0 Å². The SMILES string of the molecule is O=C(O)CCCS(=O)(=O)NCCCCC(F)(F)F. The first kappa shape index (κ1) is 17.2. The van der Waals surface area contributed by atoms with E-state index in [2.05, 4.69) is 4.72 Å². The van der Waals surface area contributed by atoms with Crippen molar-refractivity contribution in [3.05, 3.63) is 0 Å². The normalized spacial score (nSPS) is 12.6. The molecule has 0 saturated carbocycles. The van der Waals surface area contributed by atoms with Crippen LogP contribution < -0.4 is 4.72 Å². The molecule has 0 heterocycles. The highest BCUT2D eigenvalue weighted by molar-refractivity contribution is 7.89. The average Bonchev–Trinajstić information content (AvgIpc) is 2.13. The molecule has 0 rings (SSSR count). The second-order valence-electron chi connectivity index (χ2n) is 3.78. The van der Waals surface area contributed by atoms with E-state index in [4.69, 9.17) is 5.11 Å². The molecule has 0 saturated heterocycles. The molecule has 5 nitrogen and oxygen atoms in total. The Kier molecular flexibility index (Phi) is 7.22. The van der Waals surface area contributed by atoms with E-state index in [1.165, 1.54) is 0 Å². The summed E-state index contributed by atoms with van der Waals surface area (Å²) >= 11 is 0. The van der Waals surface area contributed by atoms with Crippen LogP contribution in [0.2, 0.25) is 0 Å². The number of alkyl halides is 3. The molecule has 108 valence electrons. The summed E-state index contributed by atoms with van der Waals surface area (Å²) in [5.41, 5.74) is 0. The summed E-state index contributed by atoms with van der Waals surface area (Å²) in [6.07, 6.45) is -5.48. The predicted octanol–water partition coefficient (Wildman–Crippen LogP) is 1.50. The summed E-state index contributed by atoms with van der Waals surface area (Å²) in [7, 11) is -3.59. The van der Waals surface area contributed by atoms with E-state index >= 15 is 0 Å². The van der Waals surface area contributed by atoms with Crippen molar-refractivity contribution in [2.75, 3.05) is 12.3 Å². The fourth-order valence-corrected chi connectivity index (χ4v) is 2.29. The van der Waals surface area contributed by atoms with Crippen molar-refractivity contribution >= 4 is 16.0 Å². The number of rotatable bonds is 9. The van der Waals surface area contributed by atoms with Crippen molar-refractivity contribution in [3.8, 4) is 0 Å². The maximum Gasteiger partial charge on any atom is 0.389 e. The summed E-state index contributed by atoms with van der Waals surface area (Å²) in [6.45, 7) is -0.0640. The minimum absolute atomic E-state index is 0.0206. The number of carboxylic acids is 1. The lowest BCUT2D eigenvalue weighted by molar-refractivity contribution is -0.137. The third-order valence-electron chi connectivity index (χ3n) is 2.01. The van der Waals surface area contributed by atoms with Gasteiger partial charge in [0.2, 0.25) is 10.0 Å². The number of carbonyl (C=O) groups is 1. The fraction of sp³-hybridized carbons (Fsp3) is 0.889. The number of hydrogen-bond acceptors (Lipinski definition) is 3. The van der Waals surface area contributed by atoms with Gasteiger partial charge in [-0.2, -0.15) is 13.2 Å². The maximum atomic E-state index is 11.8. The van der Waals surface area contributed by atoms with Crippen LogP contribution in [0.3, 0.4) is 0 Å². The van der Waals surface area contributed by atoms with Crippen LogP contribution in [0.5, 0.6) is 0 Å². The van der Waals surface area contributed by atoms with Gasteiger partial charge in [0.25, 0.3) is 0 Å². The van der Waals surface area contributed by atoms with Gasteiger partial charge in [-0.15, -0.1) is 0 Å². The van der Waals surface area contributed by atoms with Crippen LogP contribution in [-0.2, 0) is 14.8 Å². The summed E-state index contributed by atoms with van der Waals surface area (Å²) in [6, 6.07) is 0. The van der Waals surface area contributed by atoms with E-state index in [1.807, 2.05) is 0 Å². The van der Waals surface area contributed by atoms with Crippen molar-refractivity contribution in [3.63, 3.8) is 0 Å². The van der Waals surface area contributed by atoms with E-state index in [1.54, 1.807) is 0 Å². The molecule has 0 fully saturated rings. The quantitative estimate of drug-likeness (QED) is 0.631. The fourth-order valence-electron chi connectivity index (χ4n) is 1.16. The molecule has 0 unspecified atom stereocenters. The van der Waals surface area contributed by atoms with Crippen LogP contribution in [0, 0.1) is 0 Å². The molecule has 0 aromatic rings. The summed E-state index contributed by atoms with van der Waals surface area (Å²) in [5, 5.41) is 8.31. The Morgan fingerprint density at radius 3 is 2.28 bits per heavy atom. The molecule has 2 N–H and O–H groups in total. The van der Waals surface area contributed by atoms with Crippen LogP contribution in [-0.4, -0.2) is 38.0 Å². The lowest BCUT2D eigenvalue weighted by Gasteiger charge is -2.07. The van der Waals surface area contributed by atoms with Gasteiger partial charge in [0.15, 0.2) is 0 Å². The van der Waals surface area contributed by atoms with E-state index in [0.717, 1.165) is 0 Å². The number of nitrogens with one attached hydrogen (secondary N) is 1. The van der Waals surface area contributed by atoms with Gasteiger partial charge in [0.05, 0.1) is 5.75 Å².